The Morgan fingerprint density at radius 1 is 1.00 bits per heavy atom. The summed E-state index contributed by atoms with van der Waals surface area (Å²) in [5, 5.41) is 0. The molecule has 6 heteroatoms. The van der Waals surface area contributed by atoms with Gasteiger partial charge in [-0.15, -0.1) is 0 Å². The van der Waals surface area contributed by atoms with Gasteiger partial charge in [0.1, 0.15) is 0 Å². The molecule has 33 heavy (non-hydrogen) atoms. The Balaban J connectivity index is 0.000000733. The van der Waals surface area contributed by atoms with E-state index in [4.69, 9.17) is 21.5 Å². The molecule has 5 rings (SSSR count). The van der Waals surface area contributed by atoms with Crippen molar-refractivity contribution in [1.29, 1.82) is 0 Å². The van der Waals surface area contributed by atoms with E-state index in [-0.39, 0.29) is 14.9 Å². The summed E-state index contributed by atoms with van der Waals surface area (Å²) in [6.07, 6.45) is 15.2. The van der Waals surface area contributed by atoms with Crippen LogP contribution < -0.4 is 4.90 Å². The molecule has 4 aliphatic rings. The van der Waals surface area contributed by atoms with E-state index in [1.54, 1.807) is 0 Å². The first kappa shape index (κ1) is 29.6. The molecule has 0 amide bonds. The van der Waals surface area contributed by atoms with E-state index >= 15 is 0 Å². The average Bonchev–Trinajstić information content (AvgIpc) is 3.44. The van der Waals surface area contributed by atoms with Gasteiger partial charge in [-0.3, -0.25) is 0 Å². The number of fused-ring (bicyclic) bond motifs is 2. The van der Waals surface area contributed by atoms with Crippen molar-refractivity contribution in [3.05, 3.63) is 57.5 Å². The normalized spacial score (nSPS) is 34.2. The first-order valence-electron chi connectivity index (χ1n) is 12.1. The van der Waals surface area contributed by atoms with E-state index in [0.29, 0.717) is 18.1 Å². The number of benzene rings is 1. The van der Waals surface area contributed by atoms with Crippen LogP contribution in [-0.4, -0.2) is 20.5 Å². The van der Waals surface area contributed by atoms with Crippen LogP contribution in [0.15, 0.2) is 42.6 Å². The van der Waals surface area contributed by atoms with Gasteiger partial charge in [-0.25, -0.2) is 0 Å². The molecule has 0 aromatic heterocycles. The van der Waals surface area contributed by atoms with Crippen molar-refractivity contribution in [2.24, 2.45) is 23.7 Å². The van der Waals surface area contributed by atoms with E-state index in [9.17, 15) is 0 Å². The van der Waals surface area contributed by atoms with Gasteiger partial charge in [-0.2, -0.15) is 0 Å². The van der Waals surface area contributed by atoms with Crippen LogP contribution in [0, 0.1) is 38.5 Å². The summed E-state index contributed by atoms with van der Waals surface area (Å²) in [6.45, 7) is 7.54. The third-order valence-electron chi connectivity index (χ3n) is 8.68. The molecule has 1 aromatic rings. The van der Waals surface area contributed by atoms with Gasteiger partial charge in [-0.05, 0) is 74.2 Å². The number of para-hydroxylation sites is 1. The number of rotatable bonds is 4. The SMILES string of the molecule is CC1C(O[Si](C)(C)C2CCC3C2C=CN3c2ccccc2)CC2CCCCC21.[CH3-].[CH3-].[Cl][Zr+2][Cl]. The van der Waals surface area contributed by atoms with Crippen LogP contribution in [0.2, 0.25) is 18.6 Å². The van der Waals surface area contributed by atoms with Gasteiger partial charge < -0.3 is 24.2 Å². The zero-order valence-corrected chi connectivity index (χ0v) is 26.1. The Labute approximate surface area is 223 Å². The molecule has 0 radical (unpaired) electrons. The van der Waals surface area contributed by atoms with E-state index in [2.05, 4.69) is 67.5 Å². The Morgan fingerprint density at radius 3 is 2.33 bits per heavy atom. The van der Waals surface area contributed by atoms with Gasteiger partial charge in [0.15, 0.2) is 8.32 Å². The summed E-state index contributed by atoms with van der Waals surface area (Å²) in [5.74, 6) is 3.35. The van der Waals surface area contributed by atoms with Crippen LogP contribution in [-0.2, 0) is 25.3 Å². The first-order valence-corrected chi connectivity index (χ1v) is 21.4. The van der Waals surface area contributed by atoms with E-state index in [0.717, 1.165) is 23.3 Å². The number of nitrogens with zero attached hydrogens (tertiary/aromatic N) is 1. The van der Waals surface area contributed by atoms with E-state index < -0.39 is 29.2 Å². The Morgan fingerprint density at radius 2 is 1.67 bits per heavy atom. The van der Waals surface area contributed by atoms with Crippen LogP contribution >= 0.6 is 17.0 Å². The van der Waals surface area contributed by atoms with Crippen LogP contribution in [0.3, 0.4) is 0 Å². The third kappa shape index (κ3) is 6.40. The van der Waals surface area contributed by atoms with Crippen molar-refractivity contribution in [2.75, 3.05) is 4.90 Å². The molecule has 3 fully saturated rings. The average molecular weight is 588 g/mol. The van der Waals surface area contributed by atoms with E-state index in [1.165, 1.54) is 50.6 Å². The molecule has 3 aliphatic carbocycles. The maximum absolute atomic E-state index is 7.12. The summed E-state index contributed by atoms with van der Waals surface area (Å²) in [6, 6.07) is 11.6. The Bertz CT molecular complexity index is 749. The molecule has 3 saturated carbocycles. The van der Waals surface area contributed by atoms with Crippen LogP contribution in [0.25, 0.3) is 0 Å². The summed E-state index contributed by atoms with van der Waals surface area (Å²) in [7, 11) is 8.13. The summed E-state index contributed by atoms with van der Waals surface area (Å²) >= 11 is -0.826. The third-order valence-corrected chi connectivity index (χ3v) is 12.0. The predicted octanol–water partition coefficient (Wildman–Crippen LogP) is 8.88. The molecule has 0 N–H and O–H groups in total. The molecule has 1 aliphatic heterocycles. The van der Waals surface area contributed by atoms with Crippen LogP contribution in [0.5, 0.6) is 0 Å². The molecule has 0 bridgehead atoms. The van der Waals surface area contributed by atoms with Gasteiger partial charge in [-0.1, -0.05) is 50.5 Å². The molecule has 0 saturated heterocycles. The monoisotopic (exact) mass is 585 g/mol. The van der Waals surface area contributed by atoms with Crippen molar-refractivity contribution in [3.8, 4) is 0 Å². The second-order valence-corrected chi connectivity index (χ2v) is 18.5. The predicted molar refractivity (Wildman–Crippen MR) is 144 cm³/mol. The molecular weight excluding hydrogens is 545 g/mol. The quantitative estimate of drug-likeness (QED) is 0.258. The van der Waals surface area contributed by atoms with Crippen molar-refractivity contribution >= 4 is 31.0 Å². The van der Waals surface area contributed by atoms with Gasteiger partial charge in [0.05, 0.1) is 0 Å². The van der Waals surface area contributed by atoms with Crippen molar-refractivity contribution < 1.29 is 25.3 Å². The summed E-state index contributed by atoms with van der Waals surface area (Å²) in [5.41, 5.74) is 2.11. The second-order valence-electron chi connectivity index (χ2n) is 10.5. The Kier molecular flexibility index (Phi) is 11.8. The summed E-state index contributed by atoms with van der Waals surface area (Å²) < 4.78 is 7.12. The van der Waals surface area contributed by atoms with E-state index in [1.807, 2.05) is 0 Å². The van der Waals surface area contributed by atoms with Gasteiger partial charge in [0.25, 0.3) is 0 Å². The number of anilines is 1. The van der Waals surface area contributed by atoms with Crippen molar-refractivity contribution in [2.45, 2.75) is 82.7 Å². The molecule has 7 atom stereocenters. The zero-order valence-electron chi connectivity index (χ0n) is 21.1. The van der Waals surface area contributed by atoms with Gasteiger partial charge in [0.2, 0.25) is 0 Å². The topological polar surface area (TPSA) is 12.5 Å². The fourth-order valence-corrected chi connectivity index (χ4v) is 10.6. The Hall–Kier alpha value is 0.400. The zero-order chi connectivity index (χ0) is 22.0. The molecule has 1 heterocycles. The van der Waals surface area contributed by atoms with Crippen LogP contribution in [0.1, 0.15) is 51.9 Å². The van der Waals surface area contributed by atoms with Crippen LogP contribution in [0.4, 0.5) is 5.69 Å². The number of halogens is 2. The maximum atomic E-state index is 7.12. The summed E-state index contributed by atoms with van der Waals surface area (Å²) in [4.78, 5) is 2.53. The molecule has 0 spiro atoms. The fraction of sp³-hybridized carbons (Fsp3) is 0.630. The van der Waals surface area contributed by atoms with Gasteiger partial charge >= 0.3 is 37.9 Å². The van der Waals surface area contributed by atoms with Crippen molar-refractivity contribution in [3.63, 3.8) is 0 Å². The first-order chi connectivity index (χ1) is 15.0. The minimum absolute atomic E-state index is 0. The molecule has 184 valence electrons. The second kappa shape index (κ2) is 13.1. The molecule has 1 aromatic carbocycles. The number of hydrogen-bond acceptors (Lipinski definition) is 2. The fourth-order valence-electron chi connectivity index (χ4n) is 7.22. The minimum atomic E-state index is -1.74. The standard InChI is InChI=1S/C25H37NOSi.2CH3.2ClH.Zr/c1-18-21-12-8-7-9-19(21)17-24(18)27-28(2,3)25-14-13-23-22(25)15-16-26(23)20-10-5-4-6-11-20;;;;;/h4-6,10-11,15-16,18-19,21-25H,7-9,12-14,17H2,1-3H3;2*1H3;2*1H;/q;2*-1;;;+4/p-2. The molecule has 7 unspecified atom stereocenters. The van der Waals surface area contributed by atoms with Crippen molar-refractivity contribution in [1.82, 2.24) is 0 Å². The van der Waals surface area contributed by atoms with Gasteiger partial charge in [0, 0.05) is 30.0 Å². The molecule has 2 nitrogen and oxygen atoms in total. The number of hydrogen-bond donors (Lipinski definition) is 0. The molecular formula is C27H43Cl2NOSiZr.